The Balaban J connectivity index is 1.40. The number of piperidine rings is 1. The van der Waals surface area contributed by atoms with Gasteiger partial charge in [0.05, 0.1) is 18.0 Å². The van der Waals surface area contributed by atoms with E-state index in [4.69, 9.17) is 14.3 Å². The van der Waals surface area contributed by atoms with Gasteiger partial charge < -0.3 is 14.1 Å². The lowest BCUT2D eigenvalue weighted by molar-refractivity contribution is -0.0963. The second kappa shape index (κ2) is 6.35. The standard InChI is InChI=1S/C20H20N4O3/c25-19(17-13-26-14-21-17)23-9-7-20(8-10-23)18-15(6-11-27-20)12-24(22-18)16-4-2-1-3-5-16/h1-5,12-14H,6-11H2. The van der Waals surface area contributed by atoms with Crippen molar-refractivity contribution in [3.63, 3.8) is 0 Å². The number of ether oxygens (including phenoxy) is 1. The molecule has 2 aromatic heterocycles. The minimum Gasteiger partial charge on any atom is -0.451 e. The van der Waals surface area contributed by atoms with Crippen LogP contribution in [0.5, 0.6) is 0 Å². The number of rotatable bonds is 2. The molecule has 7 heteroatoms. The number of para-hydroxylation sites is 1. The fourth-order valence-electron chi connectivity index (χ4n) is 4.05. The summed E-state index contributed by atoms with van der Waals surface area (Å²) < 4.78 is 13.1. The van der Waals surface area contributed by atoms with Crippen molar-refractivity contribution in [2.45, 2.75) is 24.9 Å². The van der Waals surface area contributed by atoms with Gasteiger partial charge >= 0.3 is 0 Å². The van der Waals surface area contributed by atoms with Crippen LogP contribution in [0.25, 0.3) is 5.69 Å². The van der Waals surface area contributed by atoms with Crippen LogP contribution in [-0.4, -0.2) is 45.3 Å². The maximum Gasteiger partial charge on any atom is 0.275 e. The molecule has 1 saturated heterocycles. The predicted octanol–water partition coefficient (Wildman–Crippen LogP) is 2.56. The van der Waals surface area contributed by atoms with Crippen molar-refractivity contribution in [1.29, 1.82) is 0 Å². The highest BCUT2D eigenvalue weighted by Crippen LogP contribution is 2.41. The van der Waals surface area contributed by atoms with Crippen LogP contribution < -0.4 is 0 Å². The van der Waals surface area contributed by atoms with E-state index in [1.165, 1.54) is 18.2 Å². The number of carbonyl (C=O) groups is 1. The molecule has 1 amide bonds. The molecule has 138 valence electrons. The highest BCUT2D eigenvalue weighted by Gasteiger charge is 2.44. The van der Waals surface area contributed by atoms with Crippen molar-refractivity contribution in [2.24, 2.45) is 0 Å². The Morgan fingerprint density at radius 3 is 2.70 bits per heavy atom. The van der Waals surface area contributed by atoms with Gasteiger partial charge in [-0.25, -0.2) is 9.67 Å². The number of benzene rings is 1. The monoisotopic (exact) mass is 364 g/mol. The number of hydrogen-bond acceptors (Lipinski definition) is 5. The molecule has 27 heavy (non-hydrogen) atoms. The summed E-state index contributed by atoms with van der Waals surface area (Å²) in [5.74, 6) is -0.0931. The molecular weight excluding hydrogens is 344 g/mol. The van der Waals surface area contributed by atoms with Gasteiger partial charge in [0.2, 0.25) is 0 Å². The first-order chi connectivity index (χ1) is 13.3. The van der Waals surface area contributed by atoms with Gasteiger partial charge in [-0.05, 0) is 37.0 Å². The molecule has 4 heterocycles. The third kappa shape index (κ3) is 2.75. The number of nitrogens with zero attached hydrogens (tertiary/aromatic N) is 4. The molecule has 3 aromatic rings. The number of amides is 1. The van der Waals surface area contributed by atoms with Gasteiger partial charge in [-0.2, -0.15) is 5.10 Å². The summed E-state index contributed by atoms with van der Waals surface area (Å²) in [5, 5.41) is 4.88. The van der Waals surface area contributed by atoms with Gasteiger partial charge in [0.1, 0.15) is 11.9 Å². The number of fused-ring (bicyclic) bond motifs is 2. The van der Waals surface area contributed by atoms with Crippen LogP contribution in [0.2, 0.25) is 0 Å². The van der Waals surface area contributed by atoms with E-state index in [0.29, 0.717) is 25.4 Å². The molecule has 0 aliphatic carbocycles. The number of carbonyl (C=O) groups excluding carboxylic acids is 1. The molecule has 0 atom stereocenters. The fourth-order valence-corrected chi connectivity index (χ4v) is 4.05. The maximum atomic E-state index is 12.5. The predicted molar refractivity (Wildman–Crippen MR) is 96.5 cm³/mol. The second-order valence-electron chi connectivity index (χ2n) is 7.04. The first-order valence-corrected chi connectivity index (χ1v) is 9.21. The summed E-state index contributed by atoms with van der Waals surface area (Å²) in [7, 11) is 0. The summed E-state index contributed by atoms with van der Waals surface area (Å²) in [6, 6.07) is 10.1. The minimum absolute atomic E-state index is 0.0931. The highest BCUT2D eigenvalue weighted by atomic mass is 16.5. The molecule has 0 unspecified atom stereocenters. The van der Waals surface area contributed by atoms with Gasteiger partial charge in [0.15, 0.2) is 12.1 Å². The molecule has 5 rings (SSSR count). The molecule has 1 fully saturated rings. The molecule has 1 spiro atoms. The lowest BCUT2D eigenvalue weighted by Gasteiger charge is -2.42. The minimum atomic E-state index is -0.409. The Morgan fingerprint density at radius 1 is 1.15 bits per heavy atom. The van der Waals surface area contributed by atoms with Crippen LogP contribution in [0.1, 0.15) is 34.6 Å². The summed E-state index contributed by atoms with van der Waals surface area (Å²) >= 11 is 0. The molecule has 0 bridgehead atoms. The lowest BCUT2D eigenvalue weighted by atomic mass is 9.83. The topological polar surface area (TPSA) is 73.4 Å². The first kappa shape index (κ1) is 16.3. The fraction of sp³-hybridized carbons (Fsp3) is 0.350. The van der Waals surface area contributed by atoms with Crippen LogP contribution in [0.4, 0.5) is 0 Å². The molecule has 0 radical (unpaired) electrons. The van der Waals surface area contributed by atoms with E-state index >= 15 is 0 Å². The molecule has 2 aliphatic heterocycles. The Labute approximate surface area is 156 Å². The summed E-state index contributed by atoms with van der Waals surface area (Å²) in [4.78, 5) is 18.3. The van der Waals surface area contributed by atoms with Crippen LogP contribution in [0.3, 0.4) is 0 Å². The number of hydrogen-bond donors (Lipinski definition) is 0. The summed E-state index contributed by atoms with van der Waals surface area (Å²) in [6.07, 6.45) is 7.12. The highest BCUT2D eigenvalue weighted by molar-refractivity contribution is 5.91. The third-order valence-corrected chi connectivity index (χ3v) is 5.50. The van der Waals surface area contributed by atoms with E-state index < -0.39 is 5.60 Å². The molecule has 7 nitrogen and oxygen atoms in total. The average Bonchev–Trinajstić information content (AvgIpc) is 3.40. The van der Waals surface area contributed by atoms with Crippen molar-refractivity contribution in [3.8, 4) is 5.69 Å². The van der Waals surface area contributed by atoms with E-state index in [1.54, 1.807) is 0 Å². The van der Waals surface area contributed by atoms with Crippen LogP contribution in [0, 0.1) is 0 Å². The summed E-state index contributed by atoms with van der Waals surface area (Å²) in [5.41, 5.74) is 3.24. The number of aromatic nitrogens is 3. The quantitative estimate of drug-likeness (QED) is 0.699. The maximum absolute atomic E-state index is 12.5. The molecule has 1 aromatic carbocycles. The van der Waals surface area contributed by atoms with Gasteiger partial charge in [-0.3, -0.25) is 4.79 Å². The van der Waals surface area contributed by atoms with Crippen molar-refractivity contribution in [2.75, 3.05) is 19.7 Å². The Bertz CT molecular complexity index is 941. The zero-order chi connectivity index (χ0) is 18.3. The Kier molecular flexibility index (Phi) is 3.82. The average molecular weight is 364 g/mol. The van der Waals surface area contributed by atoms with Crippen LogP contribution in [-0.2, 0) is 16.8 Å². The third-order valence-electron chi connectivity index (χ3n) is 5.50. The van der Waals surface area contributed by atoms with Gasteiger partial charge in [0.25, 0.3) is 5.91 Å². The second-order valence-corrected chi connectivity index (χ2v) is 7.04. The Hall–Kier alpha value is -2.93. The molecular formula is C20H20N4O3. The van der Waals surface area contributed by atoms with Crippen molar-refractivity contribution in [3.05, 3.63) is 66.1 Å². The molecule has 0 N–H and O–H groups in total. The van der Waals surface area contributed by atoms with Crippen molar-refractivity contribution in [1.82, 2.24) is 19.7 Å². The largest absolute Gasteiger partial charge is 0.451 e. The number of oxazole rings is 1. The van der Waals surface area contributed by atoms with Gasteiger partial charge in [0, 0.05) is 19.3 Å². The lowest BCUT2D eigenvalue weighted by Crippen LogP contribution is -2.48. The first-order valence-electron chi connectivity index (χ1n) is 9.21. The normalized spacial score (nSPS) is 18.4. The summed E-state index contributed by atoms with van der Waals surface area (Å²) in [6.45, 7) is 1.91. The van der Waals surface area contributed by atoms with Crippen LogP contribution in [0.15, 0.2) is 53.6 Å². The van der Waals surface area contributed by atoms with Crippen LogP contribution >= 0.6 is 0 Å². The zero-order valence-electron chi connectivity index (χ0n) is 14.9. The van der Waals surface area contributed by atoms with E-state index in [2.05, 4.69) is 11.2 Å². The van der Waals surface area contributed by atoms with Gasteiger partial charge in [-0.1, -0.05) is 18.2 Å². The Morgan fingerprint density at radius 2 is 1.96 bits per heavy atom. The van der Waals surface area contributed by atoms with E-state index in [-0.39, 0.29) is 5.91 Å². The van der Waals surface area contributed by atoms with E-state index in [1.807, 2.05) is 39.9 Å². The van der Waals surface area contributed by atoms with Crippen molar-refractivity contribution >= 4 is 5.91 Å². The van der Waals surface area contributed by atoms with E-state index in [0.717, 1.165) is 30.6 Å². The molecule has 0 saturated carbocycles. The SMILES string of the molecule is O=C(c1cocn1)N1CCC2(CC1)OCCc1cn(-c3ccccc3)nc12. The van der Waals surface area contributed by atoms with E-state index in [9.17, 15) is 4.79 Å². The van der Waals surface area contributed by atoms with Crippen molar-refractivity contribution < 1.29 is 13.9 Å². The van der Waals surface area contributed by atoms with Gasteiger partial charge in [-0.15, -0.1) is 0 Å². The number of likely N-dealkylation sites (tertiary alicyclic amines) is 1. The zero-order valence-corrected chi connectivity index (χ0v) is 14.9. The molecule has 2 aliphatic rings. The smallest absolute Gasteiger partial charge is 0.275 e.